The van der Waals surface area contributed by atoms with Gasteiger partial charge in [0.15, 0.2) is 11.5 Å². The quantitative estimate of drug-likeness (QED) is 0.0362. The molecule has 0 amide bonds. The second kappa shape index (κ2) is 28.5. The third-order valence-electron chi connectivity index (χ3n) is 22.8. The summed E-state index contributed by atoms with van der Waals surface area (Å²) in [7, 11) is 3.26. The Kier molecular flexibility index (Phi) is 20.5. The van der Waals surface area contributed by atoms with Gasteiger partial charge in [-0.05, 0) is 183 Å². The molecule has 1 spiro atoms. The molecule has 4 aromatic rings. The van der Waals surface area contributed by atoms with Crippen LogP contribution in [0.2, 0.25) is 0 Å². The first kappa shape index (κ1) is 63.5. The Morgan fingerprint density at radius 3 is 2.36 bits per heavy atom. The van der Waals surface area contributed by atoms with Crippen LogP contribution in [0.1, 0.15) is 143 Å². The Balaban J connectivity index is 0.949. The smallest absolute Gasteiger partial charge is 0.161 e. The number of phenolic OH excluding ortho intramolecular Hbond substituents is 1. The molecule has 2 saturated carbocycles. The third-order valence-corrected chi connectivity index (χ3v) is 25.2. The number of ether oxygens (including phenoxy) is 1. The van der Waals surface area contributed by atoms with Crippen molar-refractivity contribution in [2.75, 3.05) is 37.8 Å². The standard InChI is InChI=1S/C74H98N4O8S2/c1-3-45-27-52-33-67(83)69(86-70-34-53(29-55-19-12-25-76-55)57-23-26-77-73(75)64(57)43-88-87-42-54(40-79)72(70)85)36-59(52)61-35-68(84)71-50(31-58(45)61)22-24-74(37-56(20-21-66(71)82)78-39-44(2)81)38-63(47-15-8-5-9-16-47)60-30-49-18-11-10-17-48(49)28-51(32-62(60)65(74)41-80)46-13-6-4-7-14-46/h5,8-12,15-19,23,25,31,33,36,44-46,50-51,53-54,56,60-63,65-66,68,70-72,76-85H,3-4,6-7,13-14,20-21,26-30,32,34-35,37-43,75H2,1-2H3. The molecule has 18 unspecified atom stereocenters. The number of nitrogens with one attached hydrogen (secondary N) is 3. The molecule has 0 bridgehead atoms. The summed E-state index contributed by atoms with van der Waals surface area (Å²) in [5.74, 6) is 9.79. The highest BCUT2D eigenvalue weighted by atomic mass is 33.1. The molecule has 14 heteroatoms. The lowest BCUT2D eigenvalue weighted by Gasteiger charge is -2.55. The van der Waals surface area contributed by atoms with Gasteiger partial charge < -0.3 is 61.8 Å². The SMILES string of the molecule is CCC1Cc2cc(O)c(OC3CC(Cc4ccc[nH]4)C4=CCNC(N)=C4CSSCC(CO)C3O)cc2C2CC(O)C3C(C#CC4(CC(NCC(C)O)CCC3O)CC(c3ccccc3)C3Cc5ccccc5CC(C5CCCCC5)CC3C4CO)C=C12. The van der Waals surface area contributed by atoms with Gasteiger partial charge in [0.25, 0.3) is 0 Å². The Hall–Kier alpha value is -4.66. The Labute approximate surface area is 530 Å². The van der Waals surface area contributed by atoms with E-state index in [9.17, 15) is 35.7 Å². The lowest BCUT2D eigenvalue weighted by atomic mass is 9.49. The molecular formula is C74H98N4O8S2. The Bertz CT molecular complexity index is 3150. The average Bonchev–Trinajstić information content (AvgIpc) is 1.35. The number of aromatic hydroxyl groups is 1. The van der Waals surface area contributed by atoms with Crippen LogP contribution in [0.15, 0.2) is 120 Å². The number of aromatic amines is 1. The Morgan fingerprint density at radius 2 is 1.61 bits per heavy atom. The highest BCUT2D eigenvalue weighted by molar-refractivity contribution is 8.76. The average molecular weight is 1240 g/mol. The van der Waals surface area contributed by atoms with Gasteiger partial charge in [0, 0.05) is 96.3 Å². The number of allylic oxidation sites excluding steroid dienone is 3. The van der Waals surface area contributed by atoms with Crippen LogP contribution in [0.4, 0.5) is 0 Å². The summed E-state index contributed by atoms with van der Waals surface area (Å²) in [5, 5.41) is 91.7. The third kappa shape index (κ3) is 13.6. The fraction of sp³-hybridized carbons (Fsp3) is 0.595. The fourth-order valence-corrected chi connectivity index (χ4v) is 20.8. The van der Waals surface area contributed by atoms with Gasteiger partial charge >= 0.3 is 0 Å². The van der Waals surface area contributed by atoms with Gasteiger partial charge in [0.2, 0.25) is 0 Å². The maximum Gasteiger partial charge on any atom is 0.161 e. The van der Waals surface area contributed by atoms with Crippen molar-refractivity contribution in [3.8, 4) is 23.3 Å². The van der Waals surface area contributed by atoms with Crippen LogP contribution < -0.4 is 21.1 Å². The van der Waals surface area contributed by atoms with Crippen molar-refractivity contribution in [2.24, 2.45) is 70.3 Å². The van der Waals surface area contributed by atoms with Crippen LogP contribution in [0, 0.1) is 76.4 Å². The van der Waals surface area contributed by atoms with Crippen LogP contribution in [0.3, 0.4) is 0 Å². The van der Waals surface area contributed by atoms with Crippen LogP contribution in [0.25, 0.3) is 0 Å². The normalized spacial score (nSPS) is 35.1. The van der Waals surface area contributed by atoms with E-state index >= 15 is 0 Å². The van der Waals surface area contributed by atoms with E-state index in [4.69, 9.17) is 10.5 Å². The number of aliphatic hydroxyl groups excluding tert-OH is 6. The number of benzene rings is 3. The van der Waals surface area contributed by atoms with Crippen LogP contribution in [-0.2, 0) is 25.7 Å². The minimum absolute atomic E-state index is 0.0139. The van der Waals surface area contributed by atoms with E-state index in [1.807, 2.05) is 31.3 Å². The number of phenols is 1. The van der Waals surface area contributed by atoms with Crippen molar-refractivity contribution in [1.29, 1.82) is 0 Å². The second-order valence-corrected chi connectivity index (χ2v) is 30.5. The summed E-state index contributed by atoms with van der Waals surface area (Å²) < 4.78 is 7.06. The molecule has 12 N–H and O–H groups in total. The summed E-state index contributed by atoms with van der Waals surface area (Å²) in [6.45, 7) is 4.76. The van der Waals surface area contributed by atoms with Crippen molar-refractivity contribution in [3.05, 3.63) is 153 Å². The molecule has 2 aliphatic heterocycles. The molecule has 1 aromatic heterocycles. The molecule has 1 saturated heterocycles. The van der Waals surface area contributed by atoms with Gasteiger partial charge in [0.1, 0.15) is 11.9 Å². The van der Waals surface area contributed by atoms with E-state index in [1.165, 1.54) is 54.4 Å². The zero-order valence-electron chi connectivity index (χ0n) is 51.8. The van der Waals surface area contributed by atoms with Crippen LogP contribution in [-0.4, -0.2) is 115 Å². The topological polar surface area (TPSA) is 217 Å². The number of aliphatic hydroxyl groups is 6. The molecule has 474 valence electrons. The maximum absolute atomic E-state index is 13.1. The summed E-state index contributed by atoms with van der Waals surface area (Å²) in [4.78, 5) is 3.40. The van der Waals surface area contributed by atoms with Crippen LogP contribution in [0.5, 0.6) is 11.5 Å². The predicted octanol–water partition coefficient (Wildman–Crippen LogP) is 10.7. The number of aromatic nitrogens is 1. The van der Waals surface area contributed by atoms with Gasteiger partial charge in [-0.25, -0.2) is 0 Å². The van der Waals surface area contributed by atoms with E-state index in [0.717, 1.165) is 60.1 Å². The number of hydrogen-bond donors (Lipinski definition) is 11. The number of hydrogen-bond acceptors (Lipinski definition) is 13. The number of dihydropyridines is 1. The first-order valence-electron chi connectivity index (χ1n) is 33.7. The summed E-state index contributed by atoms with van der Waals surface area (Å²) >= 11 is 0. The van der Waals surface area contributed by atoms with E-state index in [0.29, 0.717) is 87.2 Å². The molecule has 12 nitrogen and oxygen atoms in total. The minimum atomic E-state index is -1.08. The number of nitrogens with two attached hydrogens (primary N) is 1. The Morgan fingerprint density at radius 1 is 0.818 bits per heavy atom. The fourth-order valence-electron chi connectivity index (χ4n) is 18.2. The molecule has 8 aliphatic rings. The van der Waals surface area contributed by atoms with Crippen molar-refractivity contribution in [2.45, 2.75) is 171 Å². The first-order chi connectivity index (χ1) is 42.8. The molecule has 6 aliphatic carbocycles. The molecular weight excluding hydrogens is 1140 g/mol. The molecule has 88 heavy (non-hydrogen) atoms. The van der Waals surface area contributed by atoms with Crippen molar-refractivity contribution >= 4 is 21.6 Å². The lowest BCUT2D eigenvalue weighted by Crippen LogP contribution is -2.53. The summed E-state index contributed by atoms with van der Waals surface area (Å²) in [6, 6.07) is 28.0. The minimum Gasteiger partial charge on any atom is -0.504 e. The lowest BCUT2D eigenvalue weighted by molar-refractivity contribution is -0.0409. The molecule has 18 atom stereocenters. The summed E-state index contributed by atoms with van der Waals surface area (Å²) in [5.41, 5.74) is 16.6. The molecule has 0 radical (unpaired) electrons. The zero-order valence-corrected chi connectivity index (χ0v) is 53.5. The predicted molar refractivity (Wildman–Crippen MR) is 353 cm³/mol. The maximum atomic E-state index is 13.1. The van der Waals surface area contributed by atoms with E-state index in [1.54, 1.807) is 21.6 Å². The van der Waals surface area contributed by atoms with Gasteiger partial charge in [0.05, 0.1) is 24.4 Å². The monoisotopic (exact) mass is 1230 g/mol. The largest absolute Gasteiger partial charge is 0.504 e. The zero-order chi connectivity index (χ0) is 61.1. The van der Waals surface area contributed by atoms with Gasteiger partial charge in [-0.3, -0.25) is 0 Å². The number of rotatable bonds is 12. The van der Waals surface area contributed by atoms with Gasteiger partial charge in [-0.15, -0.1) is 0 Å². The van der Waals surface area contributed by atoms with E-state index in [-0.39, 0.29) is 72.2 Å². The number of fused-ring (bicyclic) bond motifs is 7. The molecule has 3 fully saturated rings. The molecule has 12 rings (SSSR count). The van der Waals surface area contributed by atoms with Crippen molar-refractivity contribution in [3.63, 3.8) is 0 Å². The van der Waals surface area contributed by atoms with Gasteiger partial charge in [-0.2, -0.15) is 0 Å². The van der Waals surface area contributed by atoms with E-state index in [2.05, 4.69) is 107 Å². The first-order valence-corrected chi connectivity index (χ1v) is 36.2. The summed E-state index contributed by atoms with van der Waals surface area (Å²) in [6.07, 6.45) is 16.8. The second-order valence-electron chi connectivity index (χ2n) is 28.0. The highest BCUT2D eigenvalue weighted by Crippen LogP contribution is 2.60. The van der Waals surface area contributed by atoms with E-state index < -0.39 is 53.7 Å². The van der Waals surface area contributed by atoms with Crippen LogP contribution >= 0.6 is 21.6 Å². The molecule has 3 heterocycles. The van der Waals surface area contributed by atoms with Gasteiger partial charge in [-0.1, -0.05) is 145 Å². The number of H-pyrrole nitrogens is 1. The molecule has 3 aromatic carbocycles. The van der Waals surface area contributed by atoms with Crippen molar-refractivity contribution < 1.29 is 40.5 Å². The van der Waals surface area contributed by atoms with Crippen molar-refractivity contribution in [1.82, 2.24) is 15.6 Å². The highest BCUT2D eigenvalue weighted by Gasteiger charge is 2.55.